The third-order valence-electron chi connectivity index (χ3n) is 3.45. The Labute approximate surface area is 130 Å². The highest BCUT2D eigenvalue weighted by atomic mass is 16.4. The lowest BCUT2D eigenvalue weighted by Crippen LogP contribution is -2.02. The van der Waals surface area contributed by atoms with Crippen molar-refractivity contribution in [1.29, 1.82) is 0 Å². The van der Waals surface area contributed by atoms with Gasteiger partial charge in [0.2, 0.25) is 5.95 Å². The first-order valence-corrected chi connectivity index (χ1v) is 6.90. The summed E-state index contributed by atoms with van der Waals surface area (Å²) in [5.41, 5.74) is 1.99. The summed E-state index contributed by atoms with van der Waals surface area (Å²) in [7, 11) is 0. The summed E-state index contributed by atoms with van der Waals surface area (Å²) in [4.78, 5) is 24.0. The van der Waals surface area contributed by atoms with E-state index >= 15 is 0 Å². The van der Waals surface area contributed by atoms with Crippen LogP contribution in [-0.4, -0.2) is 30.4 Å². The van der Waals surface area contributed by atoms with Gasteiger partial charge in [-0.05, 0) is 18.2 Å². The summed E-state index contributed by atoms with van der Waals surface area (Å²) in [5.74, 6) is -0.596. The average molecular weight is 305 g/mol. The van der Waals surface area contributed by atoms with Crippen LogP contribution in [0.25, 0.3) is 16.6 Å². The van der Waals surface area contributed by atoms with Crippen molar-refractivity contribution >= 4 is 34.2 Å². The number of hydrogen-bond donors (Lipinski definition) is 2. The highest BCUT2D eigenvalue weighted by Gasteiger charge is 2.15. The molecule has 23 heavy (non-hydrogen) atoms. The first kappa shape index (κ1) is 13.2. The van der Waals surface area contributed by atoms with Gasteiger partial charge in [0, 0.05) is 24.3 Å². The smallest absolute Gasteiger partial charge is 0.356 e. The zero-order valence-electron chi connectivity index (χ0n) is 11.8. The molecule has 0 amide bonds. The number of imidazole rings is 1. The topological polar surface area (TPSA) is 92.4 Å². The quantitative estimate of drug-likeness (QED) is 0.604. The van der Waals surface area contributed by atoms with Crippen molar-refractivity contribution in [2.45, 2.75) is 0 Å². The van der Waals surface area contributed by atoms with Crippen LogP contribution in [0.5, 0.6) is 0 Å². The fraction of sp³-hybridized carbons (Fsp3) is 0. The van der Waals surface area contributed by atoms with Crippen molar-refractivity contribution in [3.8, 4) is 0 Å². The van der Waals surface area contributed by atoms with Crippen LogP contribution in [0.4, 0.5) is 11.6 Å². The molecule has 0 aliphatic rings. The molecule has 4 aromatic rings. The largest absolute Gasteiger partial charge is 0.476 e. The summed E-state index contributed by atoms with van der Waals surface area (Å²) in [6, 6.07) is 11.3. The molecule has 0 saturated carbocycles. The van der Waals surface area contributed by atoms with Gasteiger partial charge in [0.15, 0.2) is 11.3 Å². The number of fused-ring (bicyclic) bond motifs is 3. The third kappa shape index (κ3) is 2.24. The van der Waals surface area contributed by atoms with Crippen LogP contribution in [0.15, 0.2) is 55.0 Å². The van der Waals surface area contributed by atoms with Gasteiger partial charge in [0.1, 0.15) is 0 Å². The Bertz CT molecular complexity index is 1030. The minimum atomic E-state index is -1.09. The number of aromatic nitrogens is 4. The highest BCUT2D eigenvalue weighted by molar-refractivity contribution is 5.95. The number of nitrogens with one attached hydrogen (secondary N) is 1. The van der Waals surface area contributed by atoms with Gasteiger partial charge in [-0.3, -0.25) is 9.38 Å². The van der Waals surface area contributed by atoms with E-state index in [0.717, 1.165) is 5.69 Å². The van der Waals surface area contributed by atoms with E-state index in [9.17, 15) is 9.90 Å². The molecule has 3 heterocycles. The molecule has 0 atom stereocenters. The zero-order valence-corrected chi connectivity index (χ0v) is 11.8. The van der Waals surface area contributed by atoms with Crippen LogP contribution in [0.1, 0.15) is 10.5 Å². The first-order valence-electron chi connectivity index (χ1n) is 6.90. The summed E-state index contributed by atoms with van der Waals surface area (Å²) in [5, 5.41) is 13.1. The molecular weight excluding hydrogens is 294 g/mol. The van der Waals surface area contributed by atoms with Crippen LogP contribution in [0, 0.1) is 0 Å². The standard InChI is InChI=1S/C16H11N5O2/c22-15(23)13-9-21-14(19-13)11-8-17-7-6-12(11)20-16(21)18-10-4-2-1-3-5-10/h1-9H,(H,18,20)(H,22,23). The predicted octanol–water partition coefficient (Wildman–Crippen LogP) is 2.72. The van der Waals surface area contributed by atoms with Crippen molar-refractivity contribution in [1.82, 2.24) is 19.4 Å². The van der Waals surface area contributed by atoms with Gasteiger partial charge >= 0.3 is 5.97 Å². The lowest BCUT2D eigenvalue weighted by Gasteiger charge is -2.09. The number of anilines is 2. The van der Waals surface area contributed by atoms with Gasteiger partial charge in [-0.15, -0.1) is 0 Å². The fourth-order valence-corrected chi connectivity index (χ4v) is 2.40. The normalized spacial score (nSPS) is 11.0. The Balaban J connectivity index is 1.99. The van der Waals surface area contributed by atoms with E-state index in [1.807, 2.05) is 30.3 Å². The molecule has 3 aromatic heterocycles. The Hall–Kier alpha value is -3.48. The van der Waals surface area contributed by atoms with Crippen molar-refractivity contribution in [3.63, 3.8) is 0 Å². The minimum Gasteiger partial charge on any atom is -0.476 e. The third-order valence-corrected chi connectivity index (χ3v) is 3.45. The molecule has 112 valence electrons. The van der Waals surface area contributed by atoms with Crippen molar-refractivity contribution < 1.29 is 9.90 Å². The van der Waals surface area contributed by atoms with E-state index in [-0.39, 0.29) is 5.69 Å². The van der Waals surface area contributed by atoms with Gasteiger partial charge in [-0.2, -0.15) is 0 Å². The zero-order chi connectivity index (χ0) is 15.8. The molecule has 0 radical (unpaired) electrons. The number of para-hydroxylation sites is 1. The molecule has 1 aromatic carbocycles. The van der Waals surface area contributed by atoms with Gasteiger partial charge in [0.25, 0.3) is 0 Å². The summed E-state index contributed by atoms with van der Waals surface area (Å²) in [6.45, 7) is 0. The number of carbonyl (C=O) groups is 1. The molecular formula is C16H11N5O2. The van der Waals surface area contributed by atoms with Crippen LogP contribution >= 0.6 is 0 Å². The Morgan fingerprint density at radius 3 is 2.74 bits per heavy atom. The Kier molecular flexibility index (Phi) is 2.90. The molecule has 0 spiro atoms. The number of carboxylic acid groups (broad SMARTS) is 1. The summed E-state index contributed by atoms with van der Waals surface area (Å²) < 4.78 is 1.63. The molecule has 4 rings (SSSR count). The van der Waals surface area contributed by atoms with E-state index in [4.69, 9.17) is 0 Å². The number of carboxylic acids is 1. The number of nitrogens with zero attached hydrogens (tertiary/aromatic N) is 4. The Morgan fingerprint density at radius 1 is 1.13 bits per heavy atom. The highest BCUT2D eigenvalue weighted by Crippen LogP contribution is 2.23. The second-order valence-corrected chi connectivity index (χ2v) is 4.94. The SMILES string of the molecule is O=C(O)c1cn2c(Nc3ccccc3)nc3ccncc3c2n1. The van der Waals surface area contributed by atoms with Crippen molar-refractivity contribution in [3.05, 3.63) is 60.7 Å². The van der Waals surface area contributed by atoms with E-state index in [1.54, 1.807) is 22.9 Å². The molecule has 7 nitrogen and oxygen atoms in total. The van der Waals surface area contributed by atoms with Crippen LogP contribution < -0.4 is 5.32 Å². The van der Waals surface area contributed by atoms with E-state index < -0.39 is 5.97 Å². The second-order valence-electron chi connectivity index (χ2n) is 4.94. The summed E-state index contributed by atoms with van der Waals surface area (Å²) >= 11 is 0. The van der Waals surface area contributed by atoms with Gasteiger partial charge < -0.3 is 10.4 Å². The lowest BCUT2D eigenvalue weighted by atomic mass is 10.3. The minimum absolute atomic E-state index is 0.0423. The number of hydrogen-bond acceptors (Lipinski definition) is 5. The maximum absolute atomic E-state index is 11.2. The molecule has 0 saturated heterocycles. The molecule has 0 aliphatic heterocycles. The van der Waals surface area contributed by atoms with Crippen LogP contribution in [0.3, 0.4) is 0 Å². The summed E-state index contributed by atoms with van der Waals surface area (Å²) in [6.07, 6.45) is 4.71. The molecule has 0 unspecified atom stereocenters. The number of rotatable bonds is 3. The lowest BCUT2D eigenvalue weighted by molar-refractivity contribution is 0.0691. The van der Waals surface area contributed by atoms with Crippen molar-refractivity contribution in [2.24, 2.45) is 0 Å². The van der Waals surface area contributed by atoms with Crippen LogP contribution in [-0.2, 0) is 0 Å². The number of aromatic carboxylic acids is 1. The van der Waals surface area contributed by atoms with Crippen molar-refractivity contribution in [2.75, 3.05) is 5.32 Å². The number of benzene rings is 1. The van der Waals surface area contributed by atoms with Crippen LogP contribution in [0.2, 0.25) is 0 Å². The monoisotopic (exact) mass is 305 g/mol. The second kappa shape index (κ2) is 5.06. The van der Waals surface area contributed by atoms with Gasteiger partial charge in [0.05, 0.1) is 10.9 Å². The van der Waals surface area contributed by atoms with Gasteiger partial charge in [-0.1, -0.05) is 18.2 Å². The van der Waals surface area contributed by atoms with Gasteiger partial charge in [-0.25, -0.2) is 14.8 Å². The molecule has 7 heteroatoms. The van der Waals surface area contributed by atoms with E-state index in [2.05, 4.69) is 20.3 Å². The molecule has 2 N–H and O–H groups in total. The molecule has 0 bridgehead atoms. The van der Waals surface area contributed by atoms with E-state index in [0.29, 0.717) is 22.5 Å². The Morgan fingerprint density at radius 2 is 1.96 bits per heavy atom. The predicted molar refractivity (Wildman–Crippen MR) is 85.0 cm³/mol. The van der Waals surface area contributed by atoms with E-state index in [1.165, 1.54) is 6.20 Å². The maximum atomic E-state index is 11.2. The first-order chi connectivity index (χ1) is 11.2. The maximum Gasteiger partial charge on any atom is 0.356 e. The average Bonchev–Trinajstić information content (AvgIpc) is 3.02. The fourth-order valence-electron chi connectivity index (χ4n) is 2.40. The number of pyridine rings is 1. The molecule has 0 aliphatic carbocycles. The molecule has 0 fully saturated rings.